The Morgan fingerprint density at radius 3 is 1.75 bits per heavy atom. The van der Waals surface area contributed by atoms with E-state index in [1.807, 2.05) is 66.9 Å². The maximum Gasteiger partial charge on any atom is 0.334 e. The molecule has 2 aliphatic heterocycles. The second kappa shape index (κ2) is 13.6. The summed E-state index contributed by atoms with van der Waals surface area (Å²) in [5, 5.41) is 2.10. The highest BCUT2D eigenvalue weighted by atomic mass is 16.5. The van der Waals surface area contributed by atoms with Gasteiger partial charge in [0.15, 0.2) is 0 Å². The number of para-hydroxylation sites is 3. The molecule has 10 rings (SSSR count). The Labute approximate surface area is 336 Å². The van der Waals surface area contributed by atoms with Crippen LogP contribution in [0.1, 0.15) is 52.7 Å². The molecule has 0 N–H and O–H groups in total. The summed E-state index contributed by atoms with van der Waals surface area (Å²) in [5.74, 6) is 3.04. The summed E-state index contributed by atoms with van der Waals surface area (Å²) in [6, 6.07) is 49.3. The van der Waals surface area contributed by atoms with Gasteiger partial charge in [0, 0.05) is 38.9 Å². The second-order valence-electron chi connectivity index (χ2n) is 16.9. The first-order valence-electron chi connectivity index (χ1n) is 19.6. The number of benzene rings is 6. The molecule has 4 heterocycles. The zero-order valence-corrected chi connectivity index (χ0v) is 33.5. The number of hydrogen-bond donors (Lipinski definition) is 0. The van der Waals surface area contributed by atoms with Crippen molar-refractivity contribution in [2.45, 2.75) is 52.4 Å². The van der Waals surface area contributed by atoms with E-state index in [9.17, 15) is 0 Å². The van der Waals surface area contributed by atoms with Gasteiger partial charge in [-0.1, -0.05) is 114 Å². The summed E-state index contributed by atoms with van der Waals surface area (Å²) in [7, 11) is 0. The van der Waals surface area contributed by atoms with Gasteiger partial charge in [0.25, 0.3) is 0 Å². The smallest absolute Gasteiger partial charge is 0.334 e. The third-order valence-electron chi connectivity index (χ3n) is 11.2. The zero-order chi connectivity index (χ0) is 39.6. The molecule has 0 amide bonds. The first-order chi connectivity index (χ1) is 27.5. The molecule has 57 heavy (non-hydrogen) atoms. The Morgan fingerprint density at radius 1 is 0.544 bits per heavy atom. The van der Waals surface area contributed by atoms with Gasteiger partial charge in [0.05, 0.1) is 6.20 Å². The van der Waals surface area contributed by atoms with Crippen molar-refractivity contribution >= 4 is 56.8 Å². The number of pyridine rings is 1. The van der Waals surface area contributed by atoms with E-state index in [0.717, 1.165) is 50.4 Å². The number of aromatic nitrogens is 2. The van der Waals surface area contributed by atoms with Crippen LogP contribution in [0.4, 0.5) is 17.1 Å². The topological polar surface area (TPSA) is 39.5 Å². The van der Waals surface area contributed by atoms with Crippen molar-refractivity contribution in [1.29, 1.82) is 0 Å². The van der Waals surface area contributed by atoms with E-state index in [1.54, 1.807) is 0 Å². The molecule has 2 aliphatic rings. The van der Waals surface area contributed by atoms with Crippen LogP contribution in [-0.4, -0.2) is 16.3 Å². The average molecular weight is 744 g/mol. The fourth-order valence-corrected chi connectivity index (χ4v) is 8.44. The number of anilines is 3. The van der Waals surface area contributed by atoms with Crippen molar-refractivity contribution in [3.05, 3.63) is 170 Å². The molecule has 0 unspecified atom stereocenters. The summed E-state index contributed by atoms with van der Waals surface area (Å²) in [5.41, 5.74) is 12.9. The molecule has 6 heteroatoms. The minimum atomic E-state index is -0.121. The molecular weight excluding hydrogens is 697 g/mol. The molecule has 0 aliphatic carbocycles. The highest BCUT2D eigenvalue weighted by Crippen LogP contribution is 2.48. The van der Waals surface area contributed by atoms with Gasteiger partial charge in [-0.2, -0.15) is 0 Å². The molecule has 0 saturated heterocycles. The van der Waals surface area contributed by atoms with Gasteiger partial charge in [-0.05, 0) is 105 Å². The van der Waals surface area contributed by atoms with E-state index in [4.69, 9.17) is 14.5 Å². The van der Waals surface area contributed by atoms with Crippen LogP contribution in [0.15, 0.2) is 159 Å². The molecule has 8 aromatic rings. The lowest BCUT2D eigenvalue weighted by atomic mass is 9.44. The number of nitrogens with zero attached hydrogens (tertiary/aromatic N) is 3. The summed E-state index contributed by atoms with van der Waals surface area (Å²) in [6.07, 6.45) is 1.86. The van der Waals surface area contributed by atoms with E-state index >= 15 is 0 Å². The van der Waals surface area contributed by atoms with Crippen LogP contribution in [0.3, 0.4) is 0 Å². The molecule has 0 saturated carbocycles. The van der Waals surface area contributed by atoms with Crippen molar-refractivity contribution < 1.29 is 9.47 Å². The molecule has 280 valence electrons. The van der Waals surface area contributed by atoms with Crippen LogP contribution in [0.25, 0.3) is 33.1 Å². The standard InChI is InChI=1S/C49H42BN3O2.C2H4/c1-48(2,3)31-22-23-42-43(25-31)52(33-16-10-7-11-17-33)44-26-32(49(4,5)6)24-38-39-27-36(54-34-18-12-8-13-19-34)28-40-41-29-37(55-35-20-14-9-15-21-35)30-51-47(41)53(46(39)40)50(42)45(38)44;1-2/h7-30H,1-6H3;1-2H2. The Bertz CT molecular complexity index is 2800. The van der Waals surface area contributed by atoms with Gasteiger partial charge in [-0.3, -0.25) is 0 Å². The molecule has 6 aromatic carbocycles. The van der Waals surface area contributed by atoms with Crippen LogP contribution < -0.4 is 25.3 Å². The van der Waals surface area contributed by atoms with Gasteiger partial charge in [-0.25, -0.2) is 4.98 Å². The van der Waals surface area contributed by atoms with E-state index < -0.39 is 0 Å². The minimum absolute atomic E-state index is 0.0332. The fraction of sp³-hybridized carbons (Fsp3) is 0.157. The summed E-state index contributed by atoms with van der Waals surface area (Å²) < 4.78 is 15.6. The van der Waals surface area contributed by atoms with Crippen molar-refractivity contribution in [1.82, 2.24) is 9.46 Å². The Hall–Kier alpha value is -6.53. The van der Waals surface area contributed by atoms with Crippen LogP contribution in [0, 0.1) is 0 Å². The molecule has 5 nitrogen and oxygen atoms in total. The number of fused-ring (bicyclic) bond motifs is 7. The third-order valence-corrected chi connectivity index (χ3v) is 11.2. The molecule has 2 aromatic heterocycles. The van der Waals surface area contributed by atoms with Crippen LogP contribution >= 0.6 is 0 Å². The quantitative estimate of drug-likeness (QED) is 0.130. The molecule has 0 bridgehead atoms. The van der Waals surface area contributed by atoms with Crippen LogP contribution in [-0.2, 0) is 10.8 Å². The zero-order valence-electron chi connectivity index (χ0n) is 33.5. The van der Waals surface area contributed by atoms with Crippen LogP contribution in [0.5, 0.6) is 23.0 Å². The number of rotatable bonds is 5. The summed E-state index contributed by atoms with van der Waals surface area (Å²) in [4.78, 5) is 7.74. The van der Waals surface area contributed by atoms with Gasteiger partial charge >= 0.3 is 6.85 Å². The van der Waals surface area contributed by atoms with Crippen LogP contribution in [0.2, 0.25) is 0 Å². The lowest BCUT2D eigenvalue weighted by Crippen LogP contribution is -2.57. The van der Waals surface area contributed by atoms with E-state index in [2.05, 4.69) is 143 Å². The Balaban J connectivity index is 0.00000208. The van der Waals surface area contributed by atoms with Crippen molar-refractivity contribution in [2.24, 2.45) is 0 Å². The van der Waals surface area contributed by atoms with Crippen molar-refractivity contribution in [3.8, 4) is 34.1 Å². The molecule has 0 atom stereocenters. The first kappa shape index (κ1) is 36.1. The normalized spacial score (nSPS) is 12.8. The summed E-state index contributed by atoms with van der Waals surface area (Å²) >= 11 is 0. The maximum absolute atomic E-state index is 6.67. The molecule has 0 radical (unpaired) electrons. The Kier molecular flexibility index (Phi) is 8.62. The Morgan fingerprint density at radius 2 is 1.12 bits per heavy atom. The van der Waals surface area contributed by atoms with Gasteiger partial charge in [0.2, 0.25) is 0 Å². The predicted octanol–water partition coefficient (Wildman–Crippen LogP) is 12.6. The fourth-order valence-electron chi connectivity index (χ4n) is 8.44. The third kappa shape index (κ3) is 6.08. The van der Waals surface area contributed by atoms with Gasteiger partial charge < -0.3 is 18.9 Å². The van der Waals surface area contributed by atoms with Crippen molar-refractivity contribution in [2.75, 3.05) is 4.90 Å². The number of ether oxygens (including phenoxy) is 2. The van der Waals surface area contributed by atoms with Gasteiger partial charge in [-0.15, -0.1) is 13.2 Å². The average Bonchev–Trinajstić information content (AvgIpc) is 3.53. The largest absolute Gasteiger partial charge is 0.457 e. The SMILES string of the molecule is C=C.CC(C)(C)c1ccc2c(c1)N(c1ccccc1)c1cc(C(C)(C)C)cc3c1B2n1c2ncc(Oc4ccccc4)cc2c2cc(Oc4ccccc4)cc-3c21. The second-order valence-corrected chi connectivity index (χ2v) is 16.9. The lowest BCUT2D eigenvalue weighted by molar-refractivity contribution is 0.481. The van der Waals surface area contributed by atoms with E-state index in [-0.39, 0.29) is 17.7 Å². The van der Waals surface area contributed by atoms with E-state index in [0.29, 0.717) is 5.75 Å². The van der Waals surface area contributed by atoms with Gasteiger partial charge in [0.1, 0.15) is 28.6 Å². The highest BCUT2D eigenvalue weighted by molar-refractivity contribution is 6.90. The molecule has 0 fully saturated rings. The maximum atomic E-state index is 6.67. The first-order valence-corrected chi connectivity index (χ1v) is 19.6. The highest BCUT2D eigenvalue weighted by Gasteiger charge is 2.44. The molecular formula is C51H46BN3O2. The minimum Gasteiger partial charge on any atom is -0.457 e. The number of hydrogen-bond acceptors (Lipinski definition) is 4. The van der Waals surface area contributed by atoms with Crippen molar-refractivity contribution in [3.63, 3.8) is 0 Å². The lowest BCUT2D eigenvalue weighted by Gasteiger charge is -2.42. The summed E-state index contributed by atoms with van der Waals surface area (Å²) in [6.45, 7) is 19.7. The monoisotopic (exact) mass is 743 g/mol. The molecule has 0 spiro atoms. The predicted molar refractivity (Wildman–Crippen MR) is 239 cm³/mol. The van der Waals surface area contributed by atoms with E-state index in [1.165, 1.54) is 39.0 Å².